The van der Waals surface area contributed by atoms with Gasteiger partial charge in [0, 0.05) is 0 Å². The first-order valence-electron chi connectivity index (χ1n) is 2.12. The zero-order chi connectivity index (χ0) is 5.11. The Morgan fingerprint density at radius 3 is 2.22 bits per heavy atom. The summed E-state index contributed by atoms with van der Waals surface area (Å²) in [5, 5.41) is 0. The maximum atomic E-state index is 3.87. The first-order chi connectivity index (χ1) is 3.39. The van der Waals surface area contributed by atoms with E-state index in [1.54, 1.807) is 6.20 Å². The van der Waals surface area contributed by atoms with Crippen molar-refractivity contribution < 1.29 is 11.0 Å². The first-order valence-corrected chi connectivity index (χ1v) is 2.12. The second kappa shape index (κ2) is 5.73. The van der Waals surface area contributed by atoms with E-state index in [0.717, 1.165) is 4.37 Å². The van der Waals surface area contributed by atoms with E-state index in [0.29, 0.717) is 0 Å². The molecule has 1 aromatic rings. The Bertz CT molecular complexity index is 146. The molecule has 1 heterocycles. The fourth-order valence-electron chi connectivity index (χ4n) is 0.357. The van der Waals surface area contributed by atoms with Gasteiger partial charge in [0.2, 0.25) is 0 Å². The van der Waals surface area contributed by atoms with Gasteiger partial charge in [-0.25, -0.2) is 0 Å². The summed E-state index contributed by atoms with van der Waals surface area (Å²) < 4.78 is 1.01. The standard InChI is InChI=1S/C4H3N2.Li.2H2O/c1-2-5-4-6-3-1;;;/h1-2,4H;;2*1H2. The van der Waals surface area contributed by atoms with Crippen molar-refractivity contribution in [3.63, 3.8) is 0 Å². The second-order valence-electron chi connectivity index (χ2n) is 1.35. The predicted octanol–water partition coefficient (Wildman–Crippen LogP) is -2.38. The van der Waals surface area contributed by atoms with Crippen LogP contribution >= 0.6 is 0 Å². The molecule has 9 heavy (non-hydrogen) atoms. The van der Waals surface area contributed by atoms with E-state index in [9.17, 15) is 0 Å². The van der Waals surface area contributed by atoms with E-state index in [4.69, 9.17) is 0 Å². The van der Waals surface area contributed by atoms with Gasteiger partial charge in [0.1, 0.15) is 0 Å². The summed E-state index contributed by atoms with van der Waals surface area (Å²) in [6, 6.07) is 1.86. The monoisotopic (exact) mass is 122 g/mol. The molecule has 46 valence electrons. The molecule has 0 saturated heterocycles. The van der Waals surface area contributed by atoms with E-state index < -0.39 is 0 Å². The van der Waals surface area contributed by atoms with E-state index in [1.807, 2.05) is 23.8 Å². The van der Waals surface area contributed by atoms with Crippen molar-refractivity contribution in [2.24, 2.45) is 0 Å². The van der Waals surface area contributed by atoms with Crippen molar-refractivity contribution in [2.45, 2.75) is 0 Å². The number of rotatable bonds is 0. The molecule has 0 amide bonds. The molecule has 0 aliphatic rings. The van der Waals surface area contributed by atoms with Gasteiger partial charge in [-0.15, -0.1) is 0 Å². The van der Waals surface area contributed by atoms with Gasteiger partial charge in [0.05, 0.1) is 0 Å². The van der Waals surface area contributed by atoms with Crippen LogP contribution in [0.25, 0.3) is 0 Å². The minimum atomic E-state index is 0. The average Bonchev–Trinajstić information content (AvgIpc) is 1.69. The van der Waals surface area contributed by atoms with Gasteiger partial charge in [-0.2, -0.15) is 0 Å². The number of aromatic nitrogens is 2. The maximum absolute atomic E-state index is 3.87. The molecular weight excluding hydrogens is 115 g/mol. The van der Waals surface area contributed by atoms with Gasteiger partial charge in [0.25, 0.3) is 0 Å². The molecule has 0 saturated carbocycles. The Morgan fingerprint density at radius 1 is 1.33 bits per heavy atom. The summed E-state index contributed by atoms with van der Waals surface area (Å²) in [4.78, 5) is 7.60. The summed E-state index contributed by atoms with van der Waals surface area (Å²) >= 11 is 1.93. The van der Waals surface area contributed by atoms with Crippen LogP contribution in [-0.4, -0.2) is 38.6 Å². The average molecular weight is 122 g/mol. The van der Waals surface area contributed by atoms with Crippen molar-refractivity contribution in [3.8, 4) is 0 Å². The third-order valence-corrected chi connectivity index (χ3v) is 0.730. The van der Waals surface area contributed by atoms with E-state index >= 15 is 0 Å². The van der Waals surface area contributed by atoms with Crippen LogP contribution in [0.3, 0.4) is 0 Å². The summed E-state index contributed by atoms with van der Waals surface area (Å²) in [6.45, 7) is 0. The quantitative estimate of drug-likeness (QED) is 0.359. The molecule has 5 heteroatoms. The van der Waals surface area contributed by atoms with E-state index in [-0.39, 0.29) is 11.0 Å². The molecule has 4 nitrogen and oxygen atoms in total. The van der Waals surface area contributed by atoms with Gasteiger partial charge in [-0.3, -0.25) is 0 Å². The van der Waals surface area contributed by atoms with Crippen LogP contribution < -0.4 is 4.37 Å². The normalized spacial score (nSPS) is 6.89. The molecule has 1 rings (SSSR count). The molecule has 0 aromatic carbocycles. The zero-order valence-corrected chi connectivity index (χ0v) is 5.13. The molecule has 0 bridgehead atoms. The van der Waals surface area contributed by atoms with Crippen molar-refractivity contribution in [2.75, 3.05) is 0 Å². The Morgan fingerprint density at radius 2 is 2.00 bits per heavy atom. The molecule has 0 radical (unpaired) electrons. The molecule has 1 aromatic heterocycles. The summed E-state index contributed by atoms with van der Waals surface area (Å²) in [5.74, 6) is 0. The predicted molar refractivity (Wildman–Crippen MR) is 34.6 cm³/mol. The number of hydrogen-bond donors (Lipinski definition) is 0. The van der Waals surface area contributed by atoms with Gasteiger partial charge in [-0.05, 0) is 0 Å². The van der Waals surface area contributed by atoms with Gasteiger partial charge >= 0.3 is 50.6 Å². The molecule has 0 spiro atoms. The Hall–Kier alpha value is -0.403. The van der Waals surface area contributed by atoms with Crippen molar-refractivity contribution in [1.82, 2.24) is 9.97 Å². The van der Waals surface area contributed by atoms with Crippen LogP contribution in [0, 0.1) is 0 Å². The Labute approximate surface area is 62.2 Å². The fourth-order valence-corrected chi connectivity index (χ4v) is 0.357. The molecular formula is C4H7LiN2O2. The Kier molecular flexibility index (Phi) is 7.26. The number of hydrogen-bond acceptors (Lipinski definition) is 2. The van der Waals surface area contributed by atoms with Crippen LogP contribution in [-0.2, 0) is 0 Å². The molecule has 0 aliphatic heterocycles. The SMILES string of the molecule is O.O.[Li][c]1ccncn1. The Balaban J connectivity index is 0. The molecule has 4 N–H and O–H groups in total. The van der Waals surface area contributed by atoms with Crippen molar-refractivity contribution in [3.05, 3.63) is 18.6 Å². The summed E-state index contributed by atoms with van der Waals surface area (Å²) in [7, 11) is 0. The van der Waals surface area contributed by atoms with Crippen LogP contribution in [0.1, 0.15) is 0 Å². The van der Waals surface area contributed by atoms with Crippen LogP contribution in [0.5, 0.6) is 0 Å². The van der Waals surface area contributed by atoms with Crippen LogP contribution in [0.15, 0.2) is 18.6 Å². The van der Waals surface area contributed by atoms with E-state index in [2.05, 4.69) is 9.97 Å². The summed E-state index contributed by atoms with van der Waals surface area (Å²) in [5.41, 5.74) is 0. The first kappa shape index (κ1) is 11.4. The van der Waals surface area contributed by atoms with Gasteiger partial charge in [0.15, 0.2) is 0 Å². The van der Waals surface area contributed by atoms with Crippen LogP contribution in [0.4, 0.5) is 0 Å². The second-order valence-corrected chi connectivity index (χ2v) is 1.35. The van der Waals surface area contributed by atoms with Crippen LogP contribution in [0.2, 0.25) is 0 Å². The number of nitrogens with zero attached hydrogens (tertiary/aromatic N) is 2. The van der Waals surface area contributed by atoms with Crippen molar-refractivity contribution >= 4 is 22.1 Å². The third-order valence-electron chi connectivity index (χ3n) is 0.730. The zero-order valence-electron chi connectivity index (χ0n) is 5.13. The summed E-state index contributed by atoms with van der Waals surface area (Å²) in [6.07, 6.45) is 3.26. The minimum absolute atomic E-state index is 0. The van der Waals surface area contributed by atoms with Gasteiger partial charge in [-0.1, -0.05) is 0 Å². The third kappa shape index (κ3) is 4.12. The molecule has 0 atom stereocenters. The molecule has 0 fully saturated rings. The van der Waals surface area contributed by atoms with Gasteiger partial charge < -0.3 is 11.0 Å². The van der Waals surface area contributed by atoms with E-state index in [1.165, 1.54) is 6.33 Å². The topological polar surface area (TPSA) is 88.8 Å². The molecule has 0 aliphatic carbocycles. The molecule has 0 unspecified atom stereocenters. The fraction of sp³-hybridized carbons (Fsp3) is 0. The van der Waals surface area contributed by atoms with Crippen molar-refractivity contribution in [1.29, 1.82) is 0 Å².